The van der Waals surface area contributed by atoms with E-state index in [1.54, 1.807) is 0 Å². The lowest BCUT2D eigenvalue weighted by Gasteiger charge is -2.03. The maximum absolute atomic E-state index is 12.8. The second kappa shape index (κ2) is 4.45. The molecule has 0 saturated carbocycles. The highest BCUT2D eigenvalue weighted by Crippen LogP contribution is 2.16. The smallest absolute Gasteiger partial charge is 0.127 e. The monoisotopic (exact) mass is 232 g/mol. The zero-order valence-electron chi connectivity index (χ0n) is 6.81. The van der Waals surface area contributed by atoms with Crippen LogP contribution in [-0.4, -0.2) is 12.4 Å². The molecule has 0 saturated heterocycles. The van der Waals surface area contributed by atoms with E-state index < -0.39 is 0 Å². The van der Waals surface area contributed by atoms with Crippen molar-refractivity contribution in [3.63, 3.8) is 0 Å². The summed E-state index contributed by atoms with van der Waals surface area (Å²) in [6.45, 7) is 0. The van der Waals surface area contributed by atoms with Gasteiger partial charge in [0.05, 0.1) is 7.11 Å². The molecule has 12 heavy (non-hydrogen) atoms. The van der Waals surface area contributed by atoms with Crippen LogP contribution < -0.4 is 4.74 Å². The van der Waals surface area contributed by atoms with Crippen LogP contribution in [0.25, 0.3) is 0 Å². The Bertz CT molecular complexity index is 263. The molecule has 0 amide bonds. The second-order valence-corrected chi connectivity index (χ2v) is 3.23. The molecule has 0 N–H and O–H groups in total. The molecule has 0 aromatic heterocycles. The molecule has 0 fully saturated rings. The van der Waals surface area contributed by atoms with Crippen molar-refractivity contribution in [1.82, 2.24) is 0 Å². The van der Waals surface area contributed by atoms with Gasteiger partial charge in [0.2, 0.25) is 0 Å². The fourth-order valence-electron chi connectivity index (χ4n) is 0.992. The lowest BCUT2D eigenvalue weighted by Crippen LogP contribution is -1.90. The molecule has 0 atom stereocenters. The largest absolute Gasteiger partial charge is 0.497 e. The van der Waals surface area contributed by atoms with Crippen LogP contribution in [-0.2, 0) is 6.42 Å². The second-order valence-electron chi connectivity index (χ2n) is 2.44. The summed E-state index contributed by atoms with van der Waals surface area (Å²) in [7, 11) is 1.53. The first-order valence-electron chi connectivity index (χ1n) is 3.65. The molecule has 0 bridgehead atoms. The Balaban J connectivity index is 2.90. The van der Waals surface area contributed by atoms with E-state index in [0.29, 0.717) is 5.75 Å². The number of hydrogen-bond donors (Lipinski definition) is 0. The van der Waals surface area contributed by atoms with Gasteiger partial charge in [-0.2, -0.15) is 0 Å². The maximum Gasteiger partial charge on any atom is 0.127 e. The molecule has 1 rings (SSSR count). The molecule has 1 aromatic carbocycles. The van der Waals surface area contributed by atoms with Gasteiger partial charge in [0, 0.05) is 11.4 Å². The van der Waals surface area contributed by atoms with E-state index in [-0.39, 0.29) is 5.82 Å². The number of benzene rings is 1. The van der Waals surface area contributed by atoms with Crippen LogP contribution in [0.5, 0.6) is 5.75 Å². The molecule has 0 heterocycles. The SMILES string of the molecule is COc1cc(F)cc(CCBr)c1. The van der Waals surface area contributed by atoms with Gasteiger partial charge in [0.15, 0.2) is 0 Å². The minimum Gasteiger partial charge on any atom is -0.497 e. The van der Waals surface area contributed by atoms with Gasteiger partial charge in [0.1, 0.15) is 11.6 Å². The molecule has 0 aliphatic carbocycles. The van der Waals surface area contributed by atoms with Gasteiger partial charge >= 0.3 is 0 Å². The Kier molecular flexibility index (Phi) is 3.53. The van der Waals surface area contributed by atoms with Crippen molar-refractivity contribution in [2.45, 2.75) is 6.42 Å². The van der Waals surface area contributed by atoms with Crippen LogP contribution >= 0.6 is 15.9 Å². The number of ether oxygens (including phenoxy) is 1. The molecule has 0 aliphatic rings. The first kappa shape index (κ1) is 9.52. The summed E-state index contributed by atoms with van der Waals surface area (Å²) in [6, 6.07) is 4.73. The van der Waals surface area contributed by atoms with Crippen molar-refractivity contribution >= 4 is 15.9 Å². The van der Waals surface area contributed by atoms with E-state index in [1.807, 2.05) is 6.07 Å². The summed E-state index contributed by atoms with van der Waals surface area (Å²) in [6.07, 6.45) is 0.814. The molecule has 0 radical (unpaired) electrons. The zero-order valence-corrected chi connectivity index (χ0v) is 8.40. The fourth-order valence-corrected chi connectivity index (χ4v) is 1.45. The Morgan fingerprint density at radius 2 is 2.17 bits per heavy atom. The third-order valence-electron chi connectivity index (χ3n) is 1.55. The first-order valence-corrected chi connectivity index (χ1v) is 4.78. The van der Waals surface area contributed by atoms with Crippen LogP contribution in [0, 0.1) is 5.82 Å². The van der Waals surface area contributed by atoms with Gasteiger partial charge in [0.25, 0.3) is 0 Å². The van der Waals surface area contributed by atoms with Crippen LogP contribution in [0.1, 0.15) is 5.56 Å². The summed E-state index contributed by atoms with van der Waals surface area (Å²) in [4.78, 5) is 0. The maximum atomic E-state index is 12.8. The number of hydrogen-bond acceptors (Lipinski definition) is 1. The number of methoxy groups -OCH3 is 1. The van der Waals surface area contributed by atoms with Gasteiger partial charge in [-0.15, -0.1) is 0 Å². The molecule has 1 nitrogen and oxygen atoms in total. The van der Waals surface area contributed by atoms with Crippen molar-refractivity contribution in [2.24, 2.45) is 0 Å². The summed E-state index contributed by atoms with van der Waals surface area (Å²) >= 11 is 3.29. The molecule has 0 unspecified atom stereocenters. The highest BCUT2D eigenvalue weighted by Gasteiger charge is 1.99. The zero-order chi connectivity index (χ0) is 8.97. The molecule has 0 aliphatic heterocycles. The molecular weight excluding hydrogens is 223 g/mol. The summed E-state index contributed by atoms with van der Waals surface area (Å²) in [5, 5.41) is 0.833. The molecular formula is C9H10BrFO. The van der Waals surface area contributed by atoms with Crippen molar-refractivity contribution in [2.75, 3.05) is 12.4 Å². The minimum atomic E-state index is -0.245. The van der Waals surface area contributed by atoms with Crippen LogP contribution in [0.3, 0.4) is 0 Å². The van der Waals surface area contributed by atoms with Crippen molar-refractivity contribution < 1.29 is 9.13 Å². The van der Waals surface area contributed by atoms with Crippen LogP contribution in [0.2, 0.25) is 0 Å². The Labute approximate surface area is 79.7 Å². The number of alkyl halides is 1. The topological polar surface area (TPSA) is 9.23 Å². The normalized spacial score (nSPS) is 9.92. The molecule has 1 aromatic rings. The van der Waals surface area contributed by atoms with Crippen LogP contribution in [0.4, 0.5) is 4.39 Å². The van der Waals surface area contributed by atoms with E-state index in [0.717, 1.165) is 17.3 Å². The summed E-state index contributed by atoms with van der Waals surface area (Å²) in [5.41, 5.74) is 0.948. The van der Waals surface area contributed by atoms with E-state index in [9.17, 15) is 4.39 Å². The Morgan fingerprint density at radius 1 is 1.42 bits per heavy atom. The van der Waals surface area contributed by atoms with E-state index in [4.69, 9.17) is 4.74 Å². The van der Waals surface area contributed by atoms with Gasteiger partial charge in [-0.3, -0.25) is 0 Å². The first-order chi connectivity index (χ1) is 5.76. The van der Waals surface area contributed by atoms with Crippen LogP contribution in [0.15, 0.2) is 18.2 Å². The lowest BCUT2D eigenvalue weighted by molar-refractivity contribution is 0.410. The number of halogens is 2. The van der Waals surface area contributed by atoms with Gasteiger partial charge < -0.3 is 4.74 Å². The predicted octanol–water partition coefficient (Wildman–Crippen LogP) is 2.77. The summed E-state index contributed by atoms with van der Waals surface area (Å²) < 4.78 is 17.8. The molecule has 0 spiro atoms. The minimum absolute atomic E-state index is 0.245. The predicted molar refractivity (Wildman–Crippen MR) is 50.5 cm³/mol. The third kappa shape index (κ3) is 2.48. The Hall–Kier alpha value is -0.570. The standard InChI is InChI=1S/C9H10BrFO/c1-12-9-5-7(2-3-10)4-8(11)6-9/h4-6H,2-3H2,1H3. The average molecular weight is 233 g/mol. The van der Waals surface area contributed by atoms with Crippen molar-refractivity contribution in [3.8, 4) is 5.75 Å². The van der Waals surface area contributed by atoms with E-state index >= 15 is 0 Å². The highest BCUT2D eigenvalue weighted by atomic mass is 79.9. The number of rotatable bonds is 3. The molecule has 3 heteroatoms. The number of aryl methyl sites for hydroxylation is 1. The van der Waals surface area contributed by atoms with Gasteiger partial charge in [-0.1, -0.05) is 15.9 Å². The third-order valence-corrected chi connectivity index (χ3v) is 1.95. The van der Waals surface area contributed by atoms with Crippen molar-refractivity contribution in [1.29, 1.82) is 0 Å². The summed E-state index contributed by atoms with van der Waals surface area (Å²) in [5.74, 6) is 0.330. The fraction of sp³-hybridized carbons (Fsp3) is 0.333. The van der Waals surface area contributed by atoms with Gasteiger partial charge in [-0.05, 0) is 24.1 Å². The molecule has 66 valence electrons. The average Bonchev–Trinajstić information content (AvgIpc) is 2.04. The van der Waals surface area contributed by atoms with E-state index in [2.05, 4.69) is 15.9 Å². The van der Waals surface area contributed by atoms with Gasteiger partial charge in [-0.25, -0.2) is 4.39 Å². The lowest BCUT2D eigenvalue weighted by atomic mass is 10.1. The highest BCUT2D eigenvalue weighted by molar-refractivity contribution is 9.09. The Morgan fingerprint density at radius 3 is 2.75 bits per heavy atom. The van der Waals surface area contributed by atoms with E-state index in [1.165, 1.54) is 19.2 Å². The quantitative estimate of drug-likeness (QED) is 0.729. The van der Waals surface area contributed by atoms with Crippen molar-refractivity contribution in [3.05, 3.63) is 29.6 Å².